The van der Waals surface area contributed by atoms with Crippen LogP contribution in [0.4, 0.5) is 0 Å². The van der Waals surface area contributed by atoms with Crippen molar-refractivity contribution in [3.05, 3.63) is 21.9 Å². The second kappa shape index (κ2) is 7.20. The molecule has 0 bridgehead atoms. The van der Waals surface area contributed by atoms with E-state index in [9.17, 15) is 4.79 Å². The first-order valence-electron chi connectivity index (χ1n) is 7.04. The summed E-state index contributed by atoms with van der Waals surface area (Å²) in [6, 6.07) is 4.09. The zero-order valence-electron chi connectivity index (χ0n) is 12.2. The Labute approximate surface area is 124 Å². The molecule has 20 heavy (non-hydrogen) atoms. The lowest BCUT2D eigenvalue weighted by molar-refractivity contribution is -0.139. The highest BCUT2D eigenvalue weighted by atomic mass is 32.1. The van der Waals surface area contributed by atoms with Gasteiger partial charge in [0.1, 0.15) is 0 Å². The Morgan fingerprint density at radius 2 is 2.10 bits per heavy atom. The molecular weight excluding hydrogens is 274 g/mol. The van der Waals surface area contributed by atoms with Crippen molar-refractivity contribution < 1.29 is 14.3 Å². The third kappa shape index (κ3) is 4.58. The Kier molecular flexibility index (Phi) is 5.57. The predicted octanol–water partition coefficient (Wildman–Crippen LogP) is 2.37. The van der Waals surface area contributed by atoms with Gasteiger partial charge in [0.2, 0.25) is 0 Å². The van der Waals surface area contributed by atoms with Gasteiger partial charge in [-0.15, -0.1) is 11.3 Å². The second-order valence-corrected chi connectivity index (χ2v) is 6.90. The molecule has 2 heterocycles. The van der Waals surface area contributed by atoms with E-state index in [0.29, 0.717) is 11.8 Å². The lowest BCUT2D eigenvalue weighted by Gasteiger charge is -2.33. The van der Waals surface area contributed by atoms with Crippen LogP contribution in [0, 0.1) is 5.41 Å². The minimum absolute atomic E-state index is 0.180. The normalized spacial score (nSPS) is 17.9. The Morgan fingerprint density at radius 1 is 1.40 bits per heavy atom. The largest absolute Gasteiger partial charge is 0.469 e. The second-order valence-electron chi connectivity index (χ2n) is 5.65. The molecule has 1 aliphatic rings. The summed E-state index contributed by atoms with van der Waals surface area (Å²) < 4.78 is 10.1. The molecule has 1 saturated heterocycles. The highest BCUT2D eigenvalue weighted by Crippen LogP contribution is 2.28. The van der Waals surface area contributed by atoms with Crippen LogP contribution in [0.5, 0.6) is 0 Å². The number of carbonyl (C=O) groups excluding carboxylic acids is 1. The Morgan fingerprint density at radius 3 is 2.80 bits per heavy atom. The molecule has 2 rings (SSSR count). The Bertz CT molecular complexity index is 438. The summed E-state index contributed by atoms with van der Waals surface area (Å²) in [6.45, 7) is 5.95. The molecule has 0 radical (unpaired) electrons. The van der Waals surface area contributed by atoms with E-state index in [2.05, 4.69) is 23.0 Å². The number of rotatable bonds is 6. The van der Waals surface area contributed by atoms with Gasteiger partial charge in [0, 0.05) is 36.1 Å². The first kappa shape index (κ1) is 15.5. The van der Waals surface area contributed by atoms with Crippen molar-refractivity contribution in [2.75, 3.05) is 26.9 Å². The van der Waals surface area contributed by atoms with Crippen LogP contribution in [0.25, 0.3) is 0 Å². The maximum Gasteiger partial charge on any atom is 0.310 e. The number of hydrogen-bond acceptors (Lipinski definition) is 5. The van der Waals surface area contributed by atoms with E-state index in [4.69, 9.17) is 4.74 Å². The minimum Gasteiger partial charge on any atom is -0.469 e. The summed E-state index contributed by atoms with van der Waals surface area (Å²) in [5.74, 6) is -0.180. The molecule has 1 aromatic rings. The van der Waals surface area contributed by atoms with Crippen molar-refractivity contribution in [1.29, 1.82) is 0 Å². The van der Waals surface area contributed by atoms with Gasteiger partial charge in [0.25, 0.3) is 0 Å². The average Bonchev–Trinajstić information content (AvgIpc) is 2.86. The molecule has 0 spiro atoms. The van der Waals surface area contributed by atoms with Crippen molar-refractivity contribution in [2.24, 2.45) is 5.41 Å². The van der Waals surface area contributed by atoms with Crippen molar-refractivity contribution in [2.45, 2.75) is 32.7 Å². The van der Waals surface area contributed by atoms with Gasteiger partial charge in [-0.2, -0.15) is 0 Å². The minimum atomic E-state index is -0.180. The highest BCUT2D eigenvalue weighted by molar-refractivity contribution is 7.12. The summed E-state index contributed by atoms with van der Waals surface area (Å²) in [4.78, 5) is 13.5. The number of methoxy groups -OCH3 is 1. The van der Waals surface area contributed by atoms with Gasteiger partial charge in [-0.25, -0.2) is 0 Å². The Balaban J connectivity index is 1.75. The average molecular weight is 297 g/mol. The van der Waals surface area contributed by atoms with Crippen molar-refractivity contribution in [1.82, 2.24) is 5.32 Å². The third-order valence-electron chi connectivity index (χ3n) is 3.81. The van der Waals surface area contributed by atoms with Crippen molar-refractivity contribution in [3.8, 4) is 0 Å². The van der Waals surface area contributed by atoms with Crippen molar-refractivity contribution >= 4 is 17.3 Å². The number of hydrogen-bond donors (Lipinski definition) is 1. The smallest absolute Gasteiger partial charge is 0.310 e. The molecule has 1 N–H and O–H groups in total. The standard InChI is InChI=1S/C15H23NO3S/c1-15(5-7-19-8-6-15)11-16-10-13-4-3-12(20-13)9-14(17)18-2/h3-4,16H,5-11H2,1-2H3. The molecule has 0 atom stereocenters. The van der Waals surface area contributed by atoms with Crippen LogP contribution in [0.2, 0.25) is 0 Å². The SMILES string of the molecule is COC(=O)Cc1ccc(CNCC2(C)CCOCC2)s1. The molecule has 1 aromatic heterocycles. The van der Waals surface area contributed by atoms with E-state index < -0.39 is 0 Å². The zero-order chi connectivity index (χ0) is 14.4. The number of carbonyl (C=O) groups is 1. The van der Waals surface area contributed by atoms with Gasteiger partial charge in [-0.05, 0) is 30.4 Å². The van der Waals surface area contributed by atoms with E-state index in [1.807, 2.05) is 6.07 Å². The molecular formula is C15H23NO3S. The lowest BCUT2D eigenvalue weighted by atomic mass is 9.82. The molecule has 5 heteroatoms. The molecule has 0 unspecified atom stereocenters. The molecule has 0 amide bonds. The summed E-state index contributed by atoms with van der Waals surface area (Å²) in [7, 11) is 1.42. The summed E-state index contributed by atoms with van der Waals surface area (Å²) in [5.41, 5.74) is 0.352. The Hall–Kier alpha value is -0.910. The highest BCUT2D eigenvalue weighted by Gasteiger charge is 2.26. The molecule has 0 saturated carbocycles. The fraction of sp³-hybridized carbons (Fsp3) is 0.667. The van der Waals surface area contributed by atoms with Crippen LogP contribution in [0.3, 0.4) is 0 Å². The zero-order valence-corrected chi connectivity index (χ0v) is 13.1. The third-order valence-corrected chi connectivity index (χ3v) is 4.90. The van der Waals surface area contributed by atoms with Crippen LogP contribution in [-0.2, 0) is 27.2 Å². The molecule has 1 aliphatic heterocycles. The fourth-order valence-electron chi connectivity index (χ4n) is 2.36. The van der Waals surface area contributed by atoms with Crippen LogP contribution < -0.4 is 5.32 Å². The van der Waals surface area contributed by atoms with E-state index in [-0.39, 0.29) is 5.97 Å². The van der Waals surface area contributed by atoms with Gasteiger partial charge in [-0.3, -0.25) is 4.79 Å². The van der Waals surface area contributed by atoms with E-state index >= 15 is 0 Å². The van der Waals surface area contributed by atoms with E-state index in [0.717, 1.165) is 44.0 Å². The van der Waals surface area contributed by atoms with E-state index in [1.54, 1.807) is 11.3 Å². The number of ether oxygens (including phenoxy) is 2. The topological polar surface area (TPSA) is 47.6 Å². The molecule has 4 nitrogen and oxygen atoms in total. The molecule has 1 fully saturated rings. The van der Waals surface area contributed by atoms with Gasteiger partial charge >= 0.3 is 5.97 Å². The van der Waals surface area contributed by atoms with Crippen LogP contribution in [-0.4, -0.2) is 32.8 Å². The van der Waals surface area contributed by atoms with Crippen LogP contribution in [0.15, 0.2) is 12.1 Å². The maximum absolute atomic E-state index is 11.2. The molecule has 0 aromatic carbocycles. The molecule has 0 aliphatic carbocycles. The summed E-state index contributed by atoms with van der Waals surface area (Å²) >= 11 is 1.67. The monoisotopic (exact) mass is 297 g/mol. The number of esters is 1. The maximum atomic E-state index is 11.2. The van der Waals surface area contributed by atoms with E-state index in [1.165, 1.54) is 12.0 Å². The van der Waals surface area contributed by atoms with Gasteiger partial charge < -0.3 is 14.8 Å². The predicted molar refractivity (Wildman–Crippen MR) is 79.9 cm³/mol. The first-order valence-corrected chi connectivity index (χ1v) is 7.86. The van der Waals surface area contributed by atoms with Gasteiger partial charge in [0.05, 0.1) is 13.5 Å². The lowest BCUT2D eigenvalue weighted by Crippen LogP contribution is -2.36. The van der Waals surface area contributed by atoms with Crippen LogP contribution >= 0.6 is 11.3 Å². The summed E-state index contributed by atoms with van der Waals surface area (Å²) in [6.07, 6.45) is 2.62. The van der Waals surface area contributed by atoms with Crippen LogP contribution in [0.1, 0.15) is 29.5 Å². The molecule has 112 valence electrons. The van der Waals surface area contributed by atoms with Crippen molar-refractivity contribution in [3.63, 3.8) is 0 Å². The fourth-order valence-corrected chi connectivity index (χ4v) is 3.33. The van der Waals surface area contributed by atoms with Gasteiger partial charge in [0.15, 0.2) is 0 Å². The summed E-state index contributed by atoms with van der Waals surface area (Å²) in [5, 5.41) is 3.53. The number of thiophene rings is 1. The van der Waals surface area contributed by atoms with Gasteiger partial charge in [-0.1, -0.05) is 6.92 Å². The number of nitrogens with one attached hydrogen (secondary N) is 1. The first-order chi connectivity index (χ1) is 9.61. The quantitative estimate of drug-likeness (QED) is 0.819.